The minimum Gasteiger partial charge on any atom is -0.493 e. The number of thiophene rings is 1. The molecule has 4 rings (SSSR count). The van der Waals surface area contributed by atoms with E-state index in [-0.39, 0.29) is 17.8 Å². The molecule has 0 saturated carbocycles. The van der Waals surface area contributed by atoms with Gasteiger partial charge in [0.1, 0.15) is 10.6 Å². The standard InChI is InChI=1S/C22H21NO6S/c1-3-28-22(26)17-13-8-4-5-10-16(13)30-20(17)23-19(24)14-11-12-7-6-9-15(27-2)18(12)29-21(14)25/h6-7,9,11H,3-5,8,10H2,1-2H3,(H,23,24). The van der Waals surface area contributed by atoms with E-state index in [2.05, 4.69) is 5.32 Å². The lowest BCUT2D eigenvalue weighted by Crippen LogP contribution is -2.21. The van der Waals surface area contributed by atoms with Gasteiger partial charge >= 0.3 is 11.6 Å². The van der Waals surface area contributed by atoms with Gasteiger partial charge in [0.25, 0.3) is 5.91 Å². The molecule has 8 heteroatoms. The number of carbonyl (C=O) groups excluding carboxylic acids is 2. The summed E-state index contributed by atoms with van der Waals surface area (Å²) in [4.78, 5) is 39.1. The van der Waals surface area contributed by atoms with Crippen LogP contribution in [0.15, 0.2) is 33.5 Å². The molecule has 0 spiro atoms. The minimum atomic E-state index is -0.775. The summed E-state index contributed by atoms with van der Waals surface area (Å²) in [6.07, 6.45) is 3.66. The Balaban J connectivity index is 1.72. The third-order valence-electron chi connectivity index (χ3n) is 5.07. The lowest BCUT2D eigenvalue weighted by Gasteiger charge is -2.12. The maximum absolute atomic E-state index is 12.9. The second-order valence-corrected chi connectivity index (χ2v) is 8.02. The molecule has 156 valence electrons. The number of fused-ring (bicyclic) bond motifs is 2. The molecule has 2 aromatic heterocycles. The van der Waals surface area contributed by atoms with Crippen LogP contribution < -0.4 is 15.7 Å². The Morgan fingerprint density at radius 1 is 1.23 bits per heavy atom. The Hall–Kier alpha value is -3.13. The van der Waals surface area contributed by atoms with Crippen molar-refractivity contribution in [2.24, 2.45) is 0 Å². The van der Waals surface area contributed by atoms with Crippen LogP contribution in [-0.2, 0) is 17.6 Å². The molecule has 0 unspecified atom stereocenters. The summed E-state index contributed by atoms with van der Waals surface area (Å²) in [7, 11) is 1.48. The smallest absolute Gasteiger partial charge is 0.349 e. The monoisotopic (exact) mass is 427 g/mol. The van der Waals surface area contributed by atoms with Crippen molar-refractivity contribution in [3.05, 3.63) is 56.3 Å². The number of benzene rings is 1. The van der Waals surface area contributed by atoms with Crippen LogP contribution in [0.25, 0.3) is 11.0 Å². The van der Waals surface area contributed by atoms with Crippen molar-refractivity contribution in [2.75, 3.05) is 19.0 Å². The number of hydrogen-bond donors (Lipinski definition) is 1. The molecular weight excluding hydrogens is 406 g/mol. The van der Waals surface area contributed by atoms with Crippen LogP contribution in [0.1, 0.15) is 50.9 Å². The van der Waals surface area contributed by atoms with Gasteiger partial charge in [-0.25, -0.2) is 9.59 Å². The van der Waals surface area contributed by atoms with Crippen LogP contribution in [-0.4, -0.2) is 25.6 Å². The number of hydrogen-bond acceptors (Lipinski definition) is 7. The van der Waals surface area contributed by atoms with E-state index in [4.69, 9.17) is 13.9 Å². The maximum Gasteiger partial charge on any atom is 0.349 e. The average molecular weight is 427 g/mol. The summed E-state index contributed by atoms with van der Waals surface area (Å²) < 4.78 is 15.8. The van der Waals surface area contributed by atoms with E-state index in [0.29, 0.717) is 21.7 Å². The number of para-hydroxylation sites is 1. The average Bonchev–Trinajstić information content (AvgIpc) is 3.10. The molecule has 0 radical (unpaired) electrons. The topological polar surface area (TPSA) is 94.8 Å². The van der Waals surface area contributed by atoms with Gasteiger partial charge in [0.05, 0.1) is 19.3 Å². The molecular formula is C22H21NO6S. The Bertz CT molecular complexity index is 1190. The second-order valence-electron chi connectivity index (χ2n) is 6.92. The predicted molar refractivity (Wildman–Crippen MR) is 114 cm³/mol. The highest BCUT2D eigenvalue weighted by molar-refractivity contribution is 7.17. The fourth-order valence-electron chi connectivity index (χ4n) is 3.68. The van der Waals surface area contributed by atoms with Gasteiger partial charge in [0.15, 0.2) is 11.3 Å². The van der Waals surface area contributed by atoms with E-state index in [1.807, 2.05) is 0 Å². The van der Waals surface area contributed by atoms with E-state index in [9.17, 15) is 14.4 Å². The molecule has 0 saturated heterocycles. The van der Waals surface area contributed by atoms with Crippen LogP contribution in [0.5, 0.6) is 5.75 Å². The van der Waals surface area contributed by atoms with Crippen molar-refractivity contribution in [2.45, 2.75) is 32.6 Å². The third-order valence-corrected chi connectivity index (χ3v) is 6.27. The van der Waals surface area contributed by atoms with E-state index in [1.165, 1.54) is 24.5 Å². The van der Waals surface area contributed by atoms with Crippen molar-refractivity contribution in [3.8, 4) is 5.75 Å². The molecule has 1 amide bonds. The summed E-state index contributed by atoms with van der Waals surface area (Å²) in [5.41, 5.74) is 0.702. The van der Waals surface area contributed by atoms with E-state index in [0.717, 1.165) is 36.1 Å². The highest BCUT2D eigenvalue weighted by atomic mass is 32.1. The molecule has 1 aliphatic carbocycles. The SMILES string of the molecule is CCOC(=O)c1c(NC(=O)c2cc3cccc(OC)c3oc2=O)sc2c1CCCC2. The third kappa shape index (κ3) is 3.59. The molecule has 1 aliphatic rings. The largest absolute Gasteiger partial charge is 0.493 e. The van der Waals surface area contributed by atoms with Crippen LogP contribution in [0, 0.1) is 0 Å². The Labute approximate surface area is 176 Å². The van der Waals surface area contributed by atoms with Crippen molar-refractivity contribution >= 4 is 39.2 Å². The number of nitrogens with one attached hydrogen (secondary N) is 1. The Kier molecular flexibility index (Phi) is 5.59. The molecule has 0 aliphatic heterocycles. The van der Waals surface area contributed by atoms with Gasteiger partial charge in [0, 0.05) is 10.3 Å². The van der Waals surface area contributed by atoms with Crippen LogP contribution >= 0.6 is 11.3 Å². The molecule has 1 N–H and O–H groups in total. The summed E-state index contributed by atoms with van der Waals surface area (Å²) in [6, 6.07) is 6.61. The van der Waals surface area contributed by atoms with Crippen molar-refractivity contribution < 1.29 is 23.5 Å². The van der Waals surface area contributed by atoms with Gasteiger partial charge in [0.2, 0.25) is 0 Å². The number of esters is 1. The maximum atomic E-state index is 12.9. The first kappa shape index (κ1) is 20.2. The summed E-state index contributed by atoms with van der Waals surface area (Å²) in [6.45, 7) is 1.98. The van der Waals surface area contributed by atoms with E-state index >= 15 is 0 Å². The van der Waals surface area contributed by atoms with Crippen molar-refractivity contribution in [1.82, 2.24) is 0 Å². The Morgan fingerprint density at radius 3 is 2.80 bits per heavy atom. The van der Waals surface area contributed by atoms with Crippen LogP contribution in [0.2, 0.25) is 0 Å². The fraction of sp³-hybridized carbons (Fsp3) is 0.318. The number of amides is 1. The van der Waals surface area contributed by atoms with Gasteiger partial charge in [-0.15, -0.1) is 11.3 Å². The summed E-state index contributed by atoms with van der Waals surface area (Å²) in [5.74, 6) is -0.674. The van der Waals surface area contributed by atoms with Gasteiger partial charge in [-0.2, -0.15) is 0 Å². The molecule has 1 aromatic carbocycles. The second kappa shape index (κ2) is 8.31. The van der Waals surface area contributed by atoms with E-state index in [1.54, 1.807) is 25.1 Å². The van der Waals surface area contributed by atoms with Crippen LogP contribution in [0.4, 0.5) is 5.00 Å². The summed E-state index contributed by atoms with van der Waals surface area (Å²) in [5, 5.41) is 3.72. The first-order chi connectivity index (χ1) is 14.5. The van der Waals surface area contributed by atoms with Gasteiger partial charge < -0.3 is 19.2 Å². The zero-order valence-corrected chi connectivity index (χ0v) is 17.5. The molecule has 30 heavy (non-hydrogen) atoms. The minimum absolute atomic E-state index is 0.142. The normalized spacial score (nSPS) is 13.0. The van der Waals surface area contributed by atoms with Crippen molar-refractivity contribution in [3.63, 3.8) is 0 Å². The summed E-state index contributed by atoms with van der Waals surface area (Å²) >= 11 is 1.37. The number of ether oxygens (including phenoxy) is 2. The number of methoxy groups -OCH3 is 1. The molecule has 7 nitrogen and oxygen atoms in total. The molecule has 0 fully saturated rings. The number of aryl methyl sites for hydroxylation is 1. The quantitative estimate of drug-likeness (QED) is 0.485. The van der Waals surface area contributed by atoms with Gasteiger partial charge in [-0.3, -0.25) is 4.79 Å². The van der Waals surface area contributed by atoms with Gasteiger partial charge in [-0.05, 0) is 50.3 Å². The highest BCUT2D eigenvalue weighted by Crippen LogP contribution is 2.38. The zero-order chi connectivity index (χ0) is 21.3. The zero-order valence-electron chi connectivity index (χ0n) is 16.7. The predicted octanol–water partition coefficient (Wildman–Crippen LogP) is 4.17. The molecule has 3 aromatic rings. The molecule has 0 atom stereocenters. The Morgan fingerprint density at radius 2 is 2.03 bits per heavy atom. The fourth-order valence-corrected chi connectivity index (χ4v) is 4.95. The highest BCUT2D eigenvalue weighted by Gasteiger charge is 2.28. The lowest BCUT2D eigenvalue weighted by atomic mass is 9.95. The van der Waals surface area contributed by atoms with Crippen LogP contribution in [0.3, 0.4) is 0 Å². The number of anilines is 1. The number of carbonyl (C=O) groups is 2. The van der Waals surface area contributed by atoms with Crippen molar-refractivity contribution in [1.29, 1.82) is 0 Å². The molecule has 0 bridgehead atoms. The molecule has 2 heterocycles. The van der Waals surface area contributed by atoms with E-state index < -0.39 is 17.5 Å². The first-order valence-electron chi connectivity index (χ1n) is 9.77. The first-order valence-corrected chi connectivity index (χ1v) is 10.6. The number of rotatable bonds is 5. The van der Waals surface area contributed by atoms with Gasteiger partial charge in [-0.1, -0.05) is 12.1 Å². The lowest BCUT2D eigenvalue weighted by molar-refractivity contribution is 0.0526.